The van der Waals surface area contributed by atoms with E-state index in [9.17, 15) is 10.1 Å². The highest BCUT2D eigenvalue weighted by atomic mass is 16.5. The van der Waals surface area contributed by atoms with Crippen molar-refractivity contribution in [1.29, 1.82) is 5.26 Å². The van der Waals surface area contributed by atoms with E-state index in [1.807, 2.05) is 10.9 Å². The van der Waals surface area contributed by atoms with Crippen LogP contribution in [-0.4, -0.2) is 52.0 Å². The van der Waals surface area contributed by atoms with Crippen molar-refractivity contribution in [2.45, 2.75) is 37.6 Å². The van der Waals surface area contributed by atoms with Gasteiger partial charge in [0.05, 0.1) is 42.0 Å². The first-order valence-corrected chi connectivity index (χ1v) is 11.2. The zero-order valence-electron chi connectivity index (χ0n) is 17.6. The Labute approximate surface area is 185 Å². The van der Waals surface area contributed by atoms with Gasteiger partial charge in [-0.25, -0.2) is 4.98 Å². The van der Waals surface area contributed by atoms with Gasteiger partial charge in [0.15, 0.2) is 5.65 Å². The summed E-state index contributed by atoms with van der Waals surface area (Å²) in [7, 11) is 0. The number of anilines is 2. The zero-order valence-corrected chi connectivity index (χ0v) is 17.6. The van der Waals surface area contributed by atoms with Crippen LogP contribution in [0.15, 0.2) is 24.4 Å². The van der Waals surface area contributed by atoms with E-state index in [1.165, 1.54) is 12.8 Å². The van der Waals surface area contributed by atoms with Crippen LogP contribution in [0.25, 0.3) is 11.0 Å². The number of hydrogen-bond donors (Lipinski definition) is 1. The second-order valence-electron chi connectivity index (χ2n) is 8.63. The highest BCUT2D eigenvalue weighted by Crippen LogP contribution is 2.40. The van der Waals surface area contributed by atoms with Crippen LogP contribution < -0.4 is 10.2 Å². The Morgan fingerprint density at radius 3 is 2.75 bits per heavy atom. The Morgan fingerprint density at radius 1 is 1.16 bits per heavy atom. The first-order chi connectivity index (χ1) is 15.7. The molecule has 32 heavy (non-hydrogen) atoms. The van der Waals surface area contributed by atoms with E-state index >= 15 is 0 Å². The largest absolute Gasteiger partial charge is 0.378 e. The summed E-state index contributed by atoms with van der Waals surface area (Å²) >= 11 is 0. The van der Waals surface area contributed by atoms with Crippen LogP contribution in [0.3, 0.4) is 0 Å². The molecule has 2 fully saturated rings. The van der Waals surface area contributed by atoms with Crippen LogP contribution in [0.4, 0.5) is 11.6 Å². The number of rotatable bonds is 3. The van der Waals surface area contributed by atoms with E-state index in [0.717, 1.165) is 29.5 Å². The second-order valence-corrected chi connectivity index (χ2v) is 8.63. The predicted molar refractivity (Wildman–Crippen MR) is 117 cm³/mol. The molecular formula is C23H23N7O2. The summed E-state index contributed by atoms with van der Waals surface area (Å²) < 4.78 is 7.50. The number of fused-ring (bicyclic) bond motifs is 2. The summed E-state index contributed by atoms with van der Waals surface area (Å²) in [6, 6.07) is 7.82. The molecule has 0 bridgehead atoms. The van der Waals surface area contributed by atoms with Gasteiger partial charge in [-0.15, -0.1) is 0 Å². The maximum absolute atomic E-state index is 13.1. The van der Waals surface area contributed by atoms with Crippen molar-refractivity contribution in [3.63, 3.8) is 0 Å². The van der Waals surface area contributed by atoms with Gasteiger partial charge >= 0.3 is 0 Å². The number of nitrogens with zero attached hydrogens (tertiary/aromatic N) is 6. The summed E-state index contributed by atoms with van der Waals surface area (Å²) in [6.45, 7) is 2.62. The molecule has 1 unspecified atom stereocenters. The van der Waals surface area contributed by atoms with E-state index in [4.69, 9.17) is 19.8 Å². The minimum absolute atomic E-state index is 0.142. The van der Waals surface area contributed by atoms with Gasteiger partial charge in [0, 0.05) is 25.0 Å². The van der Waals surface area contributed by atoms with Gasteiger partial charge < -0.3 is 15.0 Å². The van der Waals surface area contributed by atoms with Gasteiger partial charge in [0.25, 0.3) is 0 Å². The van der Waals surface area contributed by atoms with Crippen molar-refractivity contribution in [2.24, 2.45) is 0 Å². The molecule has 0 spiro atoms. The summed E-state index contributed by atoms with van der Waals surface area (Å²) in [5.41, 5.74) is 3.27. The molecule has 9 nitrogen and oxygen atoms in total. The van der Waals surface area contributed by atoms with Gasteiger partial charge in [0.2, 0.25) is 11.9 Å². The number of ether oxygens (including phenoxy) is 1. The van der Waals surface area contributed by atoms with E-state index < -0.39 is 5.92 Å². The van der Waals surface area contributed by atoms with Crippen LogP contribution in [0, 0.1) is 11.3 Å². The molecule has 0 radical (unpaired) electrons. The Bertz CT molecular complexity index is 1250. The molecule has 1 saturated carbocycles. The summed E-state index contributed by atoms with van der Waals surface area (Å²) in [6.07, 6.45) is 6.61. The first-order valence-electron chi connectivity index (χ1n) is 11.2. The monoisotopic (exact) mass is 429 g/mol. The molecule has 1 aliphatic carbocycles. The second kappa shape index (κ2) is 7.57. The Balaban J connectivity index is 1.53. The highest BCUT2D eigenvalue weighted by Gasteiger charge is 2.36. The lowest BCUT2D eigenvalue weighted by atomic mass is 9.94. The number of hydrogen-bond acceptors (Lipinski definition) is 7. The SMILES string of the molecule is N#Cc1ccc2c(c1)C(c1nc(N3CCOCC3)nc3nn(C4CCCC4)cc13)C(=O)N2. The molecular weight excluding hydrogens is 406 g/mol. The molecule has 1 amide bonds. The molecule has 2 aromatic heterocycles. The van der Waals surface area contributed by atoms with Crippen molar-refractivity contribution >= 4 is 28.6 Å². The fourth-order valence-electron chi connectivity index (χ4n) is 5.02. The number of amides is 1. The van der Waals surface area contributed by atoms with E-state index in [1.54, 1.807) is 18.2 Å². The summed E-state index contributed by atoms with van der Waals surface area (Å²) in [5.74, 6) is -0.174. The average molecular weight is 429 g/mol. The Kier molecular flexibility index (Phi) is 4.54. The molecule has 3 aromatic rings. The minimum atomic E-state index is -0.607. The lowest BCUT2D eigenvalue weighted by molar-refractivity contribution is -0.116. The van der Waals surface area contributed by atoms with Gasteiger partial charge in [0.1, 0.15) is 5.92 Å². The topological polar surface area (TPSA) is 109 Å². The standard InChI is InChI=1S/C23H23N7O2/c24-12-14-5-6-18-16(11-14)19(22(31)25-18)20-17-13-30(15-3-1-2-4-15)28-21(17)27-23(26-20)29-7-9-32-10-8-29/h5-6,11,13,15,19H,1-4,7-10H2,(H,25,31). The van der Waals surface area contributed by atoms with E-state index in [2.05, 4.69) is 16.3 Å². The summed E-state index contributed by atoms with van der Waals surface area (Å²) in [5, 5.41) is 18.0. The molecule has 6 rings (SSSR count). The number of aromatic nitrogens is 4. The Morgan fingerprint density at radius 2 is 1.97 bits per heavy atom. The molecule has 162 valence electrons. The predicted octanol–water partition coefficient (Wildman–Crippen LogP) is 2.73. The fourth-order valence-corrected chi connectivity index (χ4v) is 5.02. The quantitative estimate of drug-likeness (QED) is 0.682. The molecule has 4 heterocycles. The maximum atomic E-state index is 13.1. The van der Waals surface area contributed by atoms with Crippen molar-refractivity contribution in [2.75, 3.05) is 36.5 Å². The Hall–Kier alpha value is -3.51. The number of benzene rings is 1. The average Bonchev–Trinajstić information content (AvgIpc) is 3.56. The molecule has 2 aliphatic heterocycles. The normalized spacial score (nSPS) is 21.0. The van der Waals surface area contributed by atoms with Crippen molar-refractivity contribution in [3.05, 3.63) is 41.2 Å². The molecule has 1 aromatic carbocycles. The highest BCUT2D eigenvalue weighted by molar-refractivity contribution is 6.06. The molecule has 1 N–H and O–H groups in total. The minimum Gasteiger partial charge on any atom is -0.378 e. The third-order valence-electron chi connectivity index (χ3n) is 6.69. The van der Waals surface area contributed by atoms with Gasteiger partial charge in [-0.3, -0.25) is 9.48 Å². The van der Waals surface area contributed by atoms with Gasteiger partial charge in [-0.2, -0.15) is 15.3 Å². The van der Waals surface area contributed by atoms with Crippen LogP contribution >= 0.6 is 0 Å². The number of carbonyl (C=O) groups excluding carboxylic acids is 1. The fraction of sp³-hybridized carbons (Fsp3) is 0.435. The van der Waals surface area contributed by atoms with Crippen LogP contribution in [0.5, 0.6) is 0 Å². The molecule has 3 aliphatic rings. The first kappa shape index (κ1) is 19.2. The third-order valence-corrected chi connectivity index (χ3v) is 6.69. The zero-order chi connectivity index (χ0) is 21.7. The van der Waals surface area contributed by atoms with Gasteiger partial charge in [-0.1, -0.05) is 12.8 Å². The van der Waals surface area contributed by atoms with E-state index in [0.29, 0.717) is 55.2 Å². The van der Waals surface area contributed by atoms with Crippen LogP contribution in [-0.2, 0) is 9.53 Å². The summed E-state index contributed by atoms with van der Waals surface area (Å²) in [4.78, 5) is 24.9. The van der Waals surface area contributed by atoms with Crippen LogP contribution in [0.1, 0.15) is 54.5 Å². The lowest BCUT2D eigenvalue weighted by Crippen LogP contribution is -2.37. The smallest absolute Gasteiger partial charge is 0.238 e. The number of nitrogens with one attached hydrogen (secondary N) is 1. The lowest BCUT2D eigenvalue weighted by Gasteiger charge is -2.27. The molecule has 1 atom stereocenters. The third kappa shape index (κ3) is 3.10. The van der Waals surface area contributed by atoms with Crippen molar-refractivity contribution < 1.29 is 9.53 Å². The number of morpholine rings is 1. The number of carbonyl (C=O) groups is 1. The number of nitriles is 1. The van der Waals surface area contributed by atoms with Crippen molar-refractivity contribution in [1.82, 2.24) is 19.7 Å². The molecule has 9 heteroatoms. The molecule has 1 saturated heterocycles. The van der Waals surface area contributed by atoms with Crippen LogP contribution in [0.2, 0.25) is 0 Å². The van der Waals surface area contributed by atoms with Crippen molar-refractivity contribution in [3.8, 4) is 6.07 Å². The van der Waals surface area contributed by atoms with E-state index in [-0.39, 0.29) is 5.91 Å². The maximum Gasteiger partial charge on any atom is 0.238 e. The van der Waals surface area contributed by atoms with Gasteiger partial charge in [-0.05, 0) is 36.6 Å².